The van der Waals surface area contributed by atoms with Gasteiger partial charge in [-0.3, -0.25) is 14.5 Å². The number of nitrogens with one attached hydrogen (secondary N) is 1. The summed E-state index contributed by atoms with van der Waals surface area (Å²) in [6.07, 6.45) is 1.05. The highest BCUT2D eigenvalue weighted by Crippen LogP contribution is 2.45. The number of cyclic esters (lactones) is 1. The third-order valence-electron chi connectivity index (χ3n) is 5.09. The molecule has 3 heterocycles. The van der Waals surface area contributed by atoms with Crippen LogP contribution in [0.3, 0.4) is 0 Å². The van der Waals surface area contributed by atoms with Gasteiger partial charge in [0.05, 0.1) is 27.0 Å². The van der Waals surface area contributed by atoms with E-state index in [9.17, 15) is 14.4 Å². The average molecular weight is 400 g/mol. The molecule has 9 nitrogen and oxygen atoms in total. The lowest BCUT2D eigenvalue weighted by atomic mass is 10.1. The Balaban J connectivity index is 1.61. The van der Waals surface area contributed by atoms with Crippen LogP contribution in [0.5, 0.6) is 11.5 Å². The molecule has 2 atom stereocenters. The highest BCUT2D eigenvalue weighted by molar-refractivity contribution is 5.99. The Morgan fingerprint density at radius 3 is 2.76 bits per heavy atom. The van der Waals surface area contributed by atoms with Crippen LogP contribution in [0.1, 0.15) is 40.8 Å². The number of esters is 1. The summed E-state index contributed by atoms with van der Waals surface area (Å²) in [6.45, 7) is 0.205. The molecule has 2 aliphatic heterocycles. The second-order valence-electron chi connectivity index (χ2n) is 6.68. The summed E-state index contributed by atoms with van der Waals surface area (Å²) in [5, 5.41) is 2.77. The molecule has 9 heteroatoms. The molecule has 4 rings (SSSR count). The molecule has 1 aromatic carbocycles. The quantitative estimate of drug-likeness (QED) is 0.737. The number of carbonyl (C=O) groups excluding carboxylic acids is 3. The van der Waals surface area contributed by atoms with Gasteiger partial charge in [-0.15, -0.1) is 0 Å². The van der Waals surface area contributed by atoms with Crippen molar-refractivity contribution in [2.75, 3.05) is 14.2 Å². The molecule has 0 spiro atoms. The Morgan fingerprint density at radius 2 is 2.07 bits per heavy atom. The molecule has 2 aromatic rings. The highest BCUT2D eigenvalue weighted by atomic mass is 16.6. The van der Waals surface area contributed by atoms with Crippen LogP contribution in [0.4, 0.5) is 0 Å². The molecule has 1 aromatic heterocycles. The fourth-order valence-corrected chi connectivity index (χ4v) is 3.75. The van der Waals surface area contributed by atoms with E-state index >= 15 is 0 Å². The van der Waals surface area contributed by atoms with Gasteiger partial charge in [0.1, 0.15) is 17.4 Å². The second-order valence-corrected chi connectivity index (χ2v) is 6.68. The van der Waals surface area contributed by atoms with E-state index in [1.165, 1.54) is 25.4 Å². The molecular weight excluding hydrogens is 380 g/mol. The monoisotopic (exact) mass is 400 g/mol. The maximum atomic E-state index is 12.7. The third-order valence-corrected chi connectivity index (χ3v) is 5.09. The fraction of sp³-hybridized carbons (Fsp3) is 0.350. The summed E-state index contributed by atoms with van der Waals surface area (Å²) in [4.78, 5) is 39.2. The van der Waals surface area contributed by atoms with Gasteiger partial charge in [0.25, 0.3) is 0 Å². The van der Waals surface area contributed by atoms with Gasteiger partial charge in [0.15, 0.2) is 11.5 Å². The van der Waals surface area contributed by atoms with Gasteiger partial charge in [-0.05, 0) is 30.7 Å². The number of hydrogen-bond acceptors (Lipinski definition) is 7. The molecule has 0 aliphatic carbocycles. The van der Waals surface area contributed by atoms with Crippen LogP contribution in [0.25, 0.3) is 0 Å². The Morgan fingerprint density at radius 1 is 1.24 bits per heavy atom. The number of hydrogen-bond donors (Lipinski definition) is 1. The molecule has 0 saturated carbocycles. The number of likely N-dealkylation sites (tertiary alicyclic amines) is 1. The summed E-state index contributed by atoms with van der Waals surface area (Å²) < 4.78 is 21.3. The zero-order valence-electron chi connectivity index (χ0n) is 16.0. The number of amides is 2. The van der Waals surface area contributed by atoms with Crippen molar-refractivity contribution in [2.24, 2.45) is 0 Å². The minimum Gasteiger partial charge on any atom is -0.493 e. The molecule has 29 heavy (non-hydrogen) atoms. The molecule has 1 N–H and O–H groups in total. The van der Waals surface area contributed by atoms with Crippen molar-refractivity contribution in [1.82, 2.24) is 10.2 Å². The molecule has 1 fully saturated rings. The van der Waals surface area contributed by atoms with Crippen LogP contribution in [0.15, 0.2) is 34.9 Å². The van der Waals surface area contributed by atoms with Crippen molar-refractivity contribution < 1.29 is 33.0 Å². The van der Waals surface area contributed by atoms with E-state index in [1.807, 2.05) is 0 Å². The van der Waals surface area contributed by atoms with Crippen LogP contribution < -0.4 is 14.8 Å². The van der Waals surface area contributed by atoms with E-state index < -0.39 is 18.2 Å². The van der Waals surface area contributed by atoms with E-state index in [1.54, 1.807) is 24.3 Å². The van der Waals surface area contributed by atoms with Gasteiger partial charge in [-0.2, -0.15) is 0 Å². The van der Waals surface area contributed by atoms with Crippen LogP contribution >= 0.6 is 0 Å². The molecule has 2 aliphatic rings. The SMILES string of the molecule is COc1ccc2c(c1OC)C(=O)OC2N1C(=O)CC[C@H]1C(=O)NCc1ccco1. The van der Waals surface area contributed by atoms with Crippen molar-refractivity contribution >= 4 is 17.8 Å². The third kappa shape index (κ3) is 3.18. The minimum atomic E-state index is -0.994. The zero-order valence-corrected chi connectivity index (χ0v) is 16.0. The summed E-state index contributed by atoms with van der Waals surface area (Å²) in [6, 6.07) is 6.00. The fourth-order valence-electron chi connectivity index (χ4n) is 3.75. The zero-order chi connectivity index (χ0) is 20.5. The summed E-state index contributed by atoms with van der Waals surface area (Å²) in [5.41, 5.74) is 0.665. The van der Waals surface area contributed by atoms with E-state index in [4.69, 9.17) is 18.6 Å². The minimum absolute atomic E-state index is 0.190. The van der Waals surface area contributed by atoms with Gasteiger partial charge in [-0.25, -0.2) is 4.79 Å². The van der Waals surface area contributed by atoms with Crippen molar-refractivity contribution in [2.45, 2.75) is 31.7 Å². The first-order chi connectivity index (χ1) is 14.0. The van der Waals surface area contributed by atoms with Crippen LogP contribution in [-0.4, -0.2) is 42.9 Å². The molecular formula is C20H20N2O7. The summed E-state index contributed by atoms with van der Waals surface area (Å²) in [5.74, 6) is -0.00740. The highest BCUT2D eigenvalue weighted by Gasteiger charge is 2.47. The van der Waals surface area contributed by atoms with E-state index in [0.717, 1.165) is 0 Å². The van der Waals surface area contributed by atoms with Crippen molar-refractivity contribution in [1.29, 1.82) is 0 Å². The lowest BCUT2D eigenvalue weighted by Crippen LogP contribution is -2.46. The molecule has 0 bridgehead atoms. The second kappa shape index (κ2) is 7.50. The molecule has 1 unspecified atom stereocenters. The maximum Gasteiger partial charge on any atom is 0.344 e. The predicted molar refractivity (Wildman–Crippen MR) is 98.1 cm³/mol. The van der Waals surface area contributed by atoms with Crippen molar-refractivity contribution in [3.05, 3.63) is 47.4 Å². The number of methoxy groups -OCH3 is 2. The van der Waals surface area contributed by atoms with E-state index in [-0.39, 0.29) is 36.1 Å². The number of fused-ring (bicyclic) bond motifs is 1. The number of furan rings is 1. The Kier molecular flexibility index (Phi) is 4.87. The predicted octanol–water partition coefficient (Wildman–Crippen LogP) is 1.77. The Bertz CT molecular complexity index is 954. The number of ether oxygens (including phenoxy) is 3. The van der Waals surface area contributed by atoms with Gasteiger partial charge in [0.2, 0.25) is 18.0 Å². The lowest BCUT2D eigenvalue weighted by Gasteiger charge is -2.29. The van der Waals surface area contributed by atoms with Crippen LogP contribution in [0.2, 0.25) is 0 Å². The number of nitrogens with zero attached hydrogens (tertiary/aromatic N) is 1. The first-order valence-corrected chi connectivity index (χ1v) is 9.12. The Labute approximate surface area is 166 Å². The largest absolute Gasteiger partial charge is 0.493 e. The molecule has 2 amide bonds. The first-order valence-electron chi connectivity index (χ1n) is 9.12. The summed E-state index contributed by atoms with van der Waals surface area (Å²) >= 11 is 0. The smallest absolute Gasteiger partial charge is 0.344 e. The van der Waals surface area contributed by atoms with Crippen molar-refractivity contribution in [3.8, 4) is 11.5 Å². The van der Waals surface area contributed by atoms with Gasteiger partial charge in [0, 0.05) is 12.0 Å². The molecule has 1 saturated heterocycles. The average Bonchev–Trinajstić information content (AvgIpc) is 3.45. The van der Waals surface area contributed by atoms with E-state index in [2.05, 4.69) is 5.32 Å². The van der Waals surface area contributed by atoms with Crippen LogP contribution in [0, 0.1) is 0 Å². The topological polar surface area (TPSA) is 107 Å². The lowest BCUT2D eigenvalue weighted by molar-refractivity contribution is -0.145. The molecule has 152 valence electrons. The molecule has 0 radical (unpaired) electrons. The Hall–Kier alpha value is -3.49. The number of carbonyl (C=O) groups is 3. The number of rotatable bonds is 6. The standard InChI is InChI=1S/C20H20N2O7/c1-26-14-7-5-12-16(17(14)27-2)20(25)29-19(12)22-13(6-8-15(22)23)18(24)21-10-11-4-3-9-28-11/h3-5,7,9,13,19H,6,8,10H2,1-2H3,(H,21,24)/t13-,19?/m0/s1. The normalized spacial score (nSPS) is 20.4. The number of benzene rings is 1. The van der Waals surface area contributed by atoms with Crippen LogP contribution in [-0.2, 0) is 20.9 Å². The van der Waals surface area contributed by atoms with Crippen molar-refractivity contribution in [3.63, 3.8) is 0 Å². The van der Waals surface area contributed by atoms with Gasteiger partial charge in [-0.1, -0.05) is 0 Å². The summed E-state index contributed by atoms with van der Waals surface area (Å²) in [7, 11) is 2.88. The first kappa shape index (κ1) is 18.9. The van der Waals surface area contributed by atoms with Gasteiger partial charge >= 0.3 is 5.97 Å². The maximum absolute atomic E-state index is 12.7. The van der Waals surface area contributed by atoms with Gasteiger partial charge < -0.3 is 23.9 Å². The van der Waals surface area contributed by atoms with E-state index in [0.29, 0.717) is 23.5 Å².